The van der Waals surface area contributed by atoms with Crippen LogP contribution in [0.2, 0.25) is 0 Å². The quantitative estimate of drug-likeness (QED) is 0.859. The number of thioether (sulfide) groups is 1. The summed E-state index contributed by atoms with van der Waals surface area (Å²) in [5.41, 5.74) is 0.779. The topological polar surface area (TPSA) is 24.9 Å². The lowest BCUT2D eigenvalue weighted by molar-refractivity contribution is 0.362. The van der Waals surface area contributed by atoms with Gasteiger partial charge in [0.05, 0.1) is 6.20 Å². The smallest absolute Gasteiger partial charge is 0.146 e. The van der Waals surface area contributed by atoms with E-state index in [9.17, 15) is 4.39 Å². The van der Waals surface area contributed by atoms with Crippen LogP contribution in [0.1, 0.15) is 44.2 Å². The third-order valence-corrected chi connectivity index (χ3v) is 4.78. The Balaban J connectivity index is 2.04. The van der Waals surface area contributed by atoms with Gasteiger partial charge in [-0.1, -0.05) is 6.92 Å². The highest BCUT2D eigenvalue weighted by molar-refractivity contribution is 7.99. The lowest BCUT2D eigenvalue weighted by atomic mass is 9.91. The van der Waals surface area contributed by atoms with E-state index in [1.54, 1.807) is 6.20 Å². The Morgan fingerprint density at radius 3 is 2.95 bits per heavy atom. The summed E-state index contributed by atoms with van der Waals surface area (Å²) in [6.45, 7) is 3.08. The second-order valence-corrected chi connectivity index (χ2v) is 6.42. The molecule has 1 saturated heterocycles. The van der Waals surface area contributed by atoms with Crippen LogP contribution in [-0.4, -0.2) is 23.0 Å². The zero-order chi connectivity index (χ0) is 13.5. The number of aromatic nitrogens is 1. The Morgan fingerprint density at radius 1 is 1.47 bits per heavy atom. The molecule has 0 spiro atoms. The van der Waals surface area contributed by atoms with Crippen LogP contribution in [-0.2, 0) is 0 Å². The van der Waals surface area contributed by atoms with Crippen LogP contribution in [0.4, 0.5) is 4.39 Å². The van der Waals surface area contributed by atoms with Gasteiger partial charge in [-0.3, -0.25) is 4.98 Å². The molecule has 0 bridgehead atoms. The van der Waals surface area contributed by atoms with Crippen LogP contribution in [0.3, 0.4) is 0 Å². The van der Waals surface area contributed by atoms with Gasteiger partial charge in [0.25, 0.3) is 0 Å². The fraction of sp³-hybridized carbons (Fsp3) is 0.667. The van der Waals surface area contributed by atoms with Crippen molar-refractivity contribution in [2.75, 3.05) is 18.1 Å². The molecular formula is C15H23FN2S. The molecule has 0 amide bonds. The van der Waals surface area contributed by atoms with Crippen molar-refractivity contribution in [1.29, 1.82) is 0 Å². The summed E-state index contributed by atoms with van der Waals surface area (Å²) in [5.74, 6) is 3.05. The van der Waals surface area contributed by atoms with Gasteiger partial charge in [-0.25, -0.2) is 4.39 Å². The highest BCUT2D eigenvalue weighted by atomic mass is 32.2. The molecule has 2 rings (SSSR count). The molecule has 1 unspecified atom stereocenters. The van der Waals surface area contributed by atoms with E-state index in [-0.39, 0.29) is 11.9 Å². The normalized spacial score (nSPS) is 18.4. The van der Waals surface area contributed by atoms with Crippen molar-refractivity contribution in [3.05, 3.63) is 29.8 Å². The van der Waals surface area contributed by atoms with Gasteiger partial charge in [-0.05, 0) is 55.7 Å². The van der Waals surface area contributed by atoms with E-state index in [1.807, 2.05) is 17.8 Å². The van der Waals surface area contributed by atoms with Gasteiger partial charge < -0.3 is 5.32 Å². The Hall–Kier alpha value is -0.610. The van der Waals surface area contributed by atoms with Gasteiger partial charge in [0, 0.05) is 17.8 Å². The number of hydrogen-bond acceptors (Lipinski definition) is 3. The molecule has 0 aromatic carbocycles. The molecule has 0 saturated carbocycles. The van der Waals surface area contributed by atoms with Crippen molar-refractivity contribution < 1.29 is 4.39 Å². The first kappa shape index (κ1) is 14.8. The fourth-order valence-electron chi connectivity index (χ4n) is 2.62. The second-order valence-electron chi connectivity index (χ2n) is 5.20. The third-order valence-electron chi connectivity index (χ3n) is 3.73. The number of nitrogens with one attached hydrogen (secondary N) is 1. The van der Waals surface area contributed by atoms with Crippen LogP contribution in [0, 0.1) is 11.7 Å². The Morgan fingerprint density at radius 2 is 2.26 bits per heavy atom. The van der Waals surface area contributed by atoms with Crippen molar-refractivity contribution >= 4 is 11.8 Å². The van der Waals surface area contributed by atoms with E-state index in [0.717, 1.165) is 30.9 Å². The summed E-state index contributed by atoms with van der Waals surface area (Å²) < 4.78 is 13.9. The highest BCUT2D eigenvalue weighted by Crippen LogP contribution is 2.31. The SMILES string of the molecule is CCCNC(CC1CCSCC1)c1ccncc1F. The van der Waals surface area contributed by atoms with E-state index < -0.39 is 0 Å². The van der Waals surface area contributed by atoms with Crippen LogP contribution >= 0.6 is 11.8 Å². The van der Waals surface area contributed by atoms with Crippen LogP contribution in [0.5, 0.6) is 0 Å². The molecule has 19 heavy (non-hydrogen) atoms. The maximum atomic E-state index is 13.9. The number of pyridine rings is 1. The Kier molecular flexibility index (Phi) is 6.11. The third kappa shape index (κ3) is 4.46. The molecule has 1 aromatic heterocycles. The Labute approximate surface area is 119 Å². The number of rotatable bonds is 6. The minimum Gasteiger partial charge on any atom is -0.310 e. The molecule has 1 aliphatic rings. The largest absolute Gasteiger partial charge is 0.310 e. The van der Waals surface area contributed by atoms with Gasteiger partial charge in [-0.2, -0.15) is 11.8 Å². The van der Waals surface area contributed by atoms with E-state index >= 15 is 0 Å². The number of nitrogens with zero attached hydrogens (tertiary/aromatic N) is 1. The average molecular weight is 282 g/mol. The maximum absolute atomic E-state index is 13.9. The summed E-state index contributed by atoms with van der Waals surface area (Å²) in [4.78, 5) is 3.85. The number of hydrogen-bond donors (Lipinski definition) is 1. The van der Waals surface area contributed by atoms with Gasteiger partial charge in [0.15, 0.2) is 0 Å². The first-order valence-corrected chi connectivity index (χ1v) is 8.37. The monoisotopic (exact) mass is 282 g/mol. The molecule has 4 heteroatoms. The van der Waals surface area contributed by atoms with Crippen molar-refractivity contribution in [3.63, 3.8) is 0 Å². The Bertz CT molecular complexity index is 380. The van der Waals surface area contributed by atoms with Crippen LogP contribution < -0.4 is 5.32 Å². The predicted molar refractivity (Wildman–Crippen MR) is 79.9 cm³/mol. The van der Waals surface area contributed by atoms with Crippen molar-refractivity contribution in [2.24, 2.45) is 5.92 Å². The predicted octanol–water partition coefficient (Wildman–Crippen LogP) is 3.79. The molecule has 1 atom stereocenters. The molecule has 1 fully saturated rings. The molecule has 1 N–H and O–H groups in total. The maximum Gasteiger partial charge on any atom is 0.146 e. The lowest BCUT2D eigenvalue weighted by Gasteiger charge is -2.27. The van der Waals surface area contributed by atoms with Gasteiger partial charge in [0.2, 0.25) is 0 Å². The first-order valence-electron chi connectivity index (χ1n) is 7.21. The molecule has 1 aliphatic heterocycles. The minimum absolute atomic E-state index is 0.135. The minimum atomic E-state index is -0.179. The van der Waals surface area contributed by atoms with Gasteiger partial charge >= 0.3 is 0 Å². The molecule has 0 radical (unpaired) electrons. The van der Waals surface area contributed by atoms with Crippen molar-refractivity contribution in [3.8, 4) is 0 Å². The average Bonchev–Trinajstić information content (AvgIpc) is 2.45. The van der Waals surface area contributed by atoms with Crippen molar-refractivity contribution in [1.82, 2.24) is 10.3 Å². The molecule has 2 nitrogen and oxygen atoms in total. The zero-order valence-electron chi connectivity index (χ0n) is 11.6. The summed E-state index contributed by atoms with van der Waals surface area (Å²) in [7, 11) is 0. The molecular weight excluding hydrogens is 259 g/mol. The fourth-order valence-corrected chi connectivity index (χ4v) is 3.83. The summed E-state index contributed by atoms with van der Waals surface area (Å²) in [6.07, 6.45) is 7.66. The molecule has 106 valence electrons. The highest BCUT2D eigenvalue weighted by Gasteiger charge is 2.22. The summed E-state index contributed by atoms with van der Waals surface area (Å²) >= 11 is 2.04. The van der Waals surface area contributed by atoms with E-state index in [4.69, 9.17) is 0 Å². The summed E-state index contributed by atoms with van der Waals surface area (Å²) in [5, 5.41) is 3.50. The summed E-state index contributed by atoms with van der Waals surface area (Å²) in [6, 6.07) is 1.95. The van der Waals surface area contributed by atoms with Gasteiger partial charge in [0.1, 0.15) is 5.82 Å². The van der Waals surface area contributed by atoms with E-state index in [0.29, 0.717) is 0 Å². The van der Waals surface area contributed by atoms with Crippen molar-refractivity contribution in [2.45, 2.75) is 38.6 Å². The van der Waals surface area contributed by atoms with E-state index in [2.05, 4.69) is 17.2 Å². The molecule has 2 heterocycles. The lowest BCUT2D eigenvalue weighted by Crippen LogP contribution is -2.26. The van der Waals surface area contributed by atoms with Crippen LogP contribution in [0.15, 0.2) is 18.5 Å². The van der Waals surface area contributed by atoms with Gasteiger partial charge in [-0.15, -0.1) is 0 Å². The molecule has 0 aliphatic carbocycles. The second kappa shape index (κ2) is 7.85. The molecule has 1 aromatic rings. The first-order chi connectivity index (χ1) is 9.31. The standard InChI is InChI=1S/C15H23FN2S/c1-2-6-18-15(10-12-4-8-19-9-5-12)13-3-7-17-11-14(13)16/h3,7,11-12,15,18H,2,4-6,8-10H2,1H3. The van der Waals surface area contributed by atoms with E-state index in [1.165, 1.54) is 30.5 Å². The number of halogens is 1. The zero-order valence-corrected chi connectivity index (χ0v) is 12.4. The van der Waals surface area contributed by atoms with Crippen LogP contribution in [0.25, 0.3) is 0 Å².